The van der Waals surface area contributed by atoms with E-state index in [1.807, 2.05) is 0 Å². The molecule has 0 spiro atoms. The van der Waals surface area contributed by atoms with Gasteiger partial charge in [0.2, 0.25) is 5.89 Å². The van der Waals surface area contributed by atoms with Crippen molar-refractivity contribution in [1.29, 1.82) is 0 Å². The SMILES string of the molecule is Fc1cc(Cl)cc(F)c1O[C@H](c1ncco1)C1CCNC1. The van der Waals surface area contributed by atoms with E-state index in [1.165, 1.54) is 12.5 Å². The number of nitrogens with one attached hydrogen (secondary N) is 1. The van der Waals surface area contributed by atoms with Gasteiger partial charge in [0.25, 0.3) is 0 Å². The summed E-state index contributed by atoms with van der Waals surface area (Å²) in [7, 11) is 0. The highest BCUT2D eigenvalue weighted by atomic mass is 35.5. The van der Waals surface area contributed by atoms with E-state index < -0.39 is 23.5 Å². The summed E-state index contributed by atoms with van der Waals surface area (Å²) in [6.45, 7) is 1.49. The van der Waals surface area contributed by atoms with E-state index in [9.17, 15) is 8.78 Å². The average Bonchev–Trinajstić information content (AvgIpc) is 3.11. The highest BCUT2D eigenvalue weighted by Crippen LogP contribution is 2.34. The van der Waals surface area contributed by atoms with Gasteiger partial charge in [0.15, 0.2) is 23.5 Å². The molecule has 0 amide bonds. The Hall–Kier alpha value is -1.66. The molecule has 1 aliphatic rings. The fourth-order valence-corrected chi connectivity index (χ4v) is 2.62. The Kier molecular flexibility index (Phi) is 4.07. The van der Waals surface area contributed by atoms with E-state index >= 15 is 0 Å². The summed E-state index contributed by atoms with van der Waals surface area (Å²) < 4.78 is 38.6. The Labute approximate surface area is 125 Å². The minimum Gasteiger partial charge on any atom is -0.474 e. The molecule has 1 fully saturated rings. The highest BCUT2D eigenvalue weighted by Gasteiger charge is 2.32. The number of rotatable bonds is 4. The topological polar surface area (TPSA) is 47.3 Å². The molecule has 2 aromatic rings. The van der Waals surface area contributed by atoms with Crippen LogP contribution in [0.3, 0.4) is 0 Å². The number of oxazole rings is 1. The zero-order chi connectivity index (χ0) is 14.8. The second-order valence-corrected chi connectivity index (χ2v) is 5.30. The minimum atomic E-state index is -0.845. The van der Waals surface area contributed by atoms with Crippen molar-refractivity contribution in [2.45, 2.75) is 12.5 Å². The monoisotopic (exact) mass is 314 g/mol. The lowest BCUT2D eigenvalue weighted by Gasteiger charge is -2.22. The van der Waals surface area contributed by atoms with Gasteiger partial charge < -0.3 is 14.5 Å². The lowest BCUT2D eigenvalue weighted by atomic mass is 10.0. The smallest absolute Gasteiger partial charge is 0.235 e. The molecule has 2 heterocycles. The Morgan fingerprint density at radius 3 is 2.71 bits per heavy atom. The third-order valence-electron chi connectivity index (χ3n) is 3.43. The van der Waals surface area contributed by atoms with Crippen molar-refractivity contribution in [2.75, 3.05) is 13.1 Å². The molecule has 4 nitrogen and oxygen atoms in total. The third-order valence-corrected chi connectivity index (χ3v) is 3.65. The second kappa shape index (κ2) is 5.99. The standard InChI is InChI=1S/C14H13ClF2N2O2/c15-9-5-10(16)13(11(17)6-9)21-12(8-1-2-18-7-8)14-19-3-4-20-14/h3-6,8,12,18H,1-2,7H2/t8?,12-/m0/s1. The maximum Gasteiger partial charge on any atom is 0.235 e. The van der Waals surface area contributed by atoms with Crippen molar-refractivity contribution in [3.05, 3.63) is 47.1 Å². The Bertz CT molecular complexity index is 592. The number of nitrogens with zero attached hydrogens (tertiary/aromatic N) is 1. The molecule has 21 heavy (non-hydrogen) atoms. The highest BCUT2D eigenvalue weighted by molar-refractivity contribution is 6.30. The molecule has 1 aromatic carbocycles. The number of aromatic nitrogens is 1. The van der Waals surface area contributed by atoms with Crippen LogP contribution in [0.15, 0.2) is 29.0 Å². The van der Waals surface area contributed by atoms with Gasteiger partial charge in [-0.15, -0.1) is 0 Å². The van der Waals surface area contributed by atoms with Crippen LogP contribution in [-0.4, -0.2) is 18.1 Å². The summed E-state index contributed by atoms with van der Waals surface area (Å²) >= 11 is 5.61. The molecular weight excluding hydrogens is 302 g/mol. The zero-order valence-electron chi connectivity index (χ0n) is 11.0. The van der Waals surface area contributed by atoms with E-state index in [4.69, 9.17) is 20.8 Å². The van der Waals surface area contributed by atoms with Crippen LogP contribution in [0.25, 0.3) is 0 Å². The third kappa shape index (κ3) is 3.01. The van der Waals surface area contributed by atoms with Crippen molar-refractivity contribution in [2.24, 2.45) is 5.92 Å². The van der Waals surface area contributed by atoms with Crippen molar-refractivity contribution < 1.29 is 17.9 Å². The molecular formula is C14H13ClF2N2O2. The van der Waals surface area contributed by atoms with Crippen LogP contribution < -0.4 is 10.1 Å². The molecule has 3 rings (SSSR count). The van der Waals surface area contributed by atoms with Crippen LogP contribution in [0, 0.1) is 17.6 Å². The molecule has 1 saturated heterocycles. The van der Waals surface area contributed by atoms with Gasteiger partial charge in [0.1, 0.15) is 6.26 Å². The zero-order valence-corrected chi connectivity index (χ0v) is 11.7. The second-order valence-electron chi connectivity index (χ2n) is 4.86. The maximum absolute atomic E-state index is 13.9. The molecule has 0 radical (unpaired) electrons. The number of benzene rings is 1. The van der Waals surface area contributed by atoms with Gasteiger partial charge in [-0.1, -0.05) is 11.6 Å². The molecule has 1 N–H and O–H groups in total. The minimum absolute atomic E-state index is 0.0208. The lowest BCUT2D eigenvalue weighted by molar-refractivity contribution is 0.104. The quantitative estimate of drug-likeness (QED) is 0.940. The number of hydrogen-bond donors (Lipinski definition) is 1. The van der Waals surface area contributed by atoms with E-state index in [0.29, 0.717) is 12.4 Å². The van der Waals surface area contributed by atoms with E-state index in [0.717, 1.165) is 25.1 Å². The van der Waals surface area contributed by atoms with Crippen molar-refractivity contribution in [1.82, 2.24) is 10.3 Å². The van der Waals surface area contributed by atoms with Crippen LogP contribution >= 0.6 is 11.6 Å². The van der Waals surface area contributed by atoms with E-state index in [-0.39, 0.29) is 10.9 Å². The molecule has 0 bridgehead atoms. The van der Waals surface area contributed by atoms with E-state index in [1.54, 1.807) is 0 Å². The molecule has 1 aromatic heterocycles. The fraction of sp³-hybridized carbons (Fsp3) is 0.357. The van der Waals surface area contributed by atoms with Gasteiger partial charge in [-0.05, 0) is 25.1 Å². The number of ether oxygens (including phenoxy) is 1. The Balaban J connectivity index is 1.91. The van der Waals surface area contributed by atoms with Crippen molar-refractivity contribution in [3.63, 3.8) is 0 Å². The normalized spacial score (nSPS) is 19.7. The molecule has 1 unspecified atom stereocenters. The number of hydrogen-bond acceptors (Lipinski definition) is 4. The summed E-state index contributed by atoms with van der Waals surface area (Å²) in [4.78, 5) is 4.04. The molecule has 0 aliphatic carbocycles. The van der Waals surface area contributed by atoms with Crippen LogP contribution in [-0.2, 0) is 0 Å². The summed E-state index contributed by atoms with van der Waals surface area (Å²) in [5.74, 6) is -1.82. The predicted octanol–water partition coefficient (Wildman–Crippen LogP) is 3.34. The first-order valence-corrected chi connectivity index (χ1v) is 6.94. The van der Waals surface area contributed by atoms with Gasteiger partial charge in [-0.3, -0.25) is 0 Å². The van der Waals surface area contributed by atoms with Crippen LogP contribution in [0.4, 0.5) is 8.78 Å². The predicted molar refractivity (Wildman–Crippen MR) is 72.2 cm³/mol. The van der Waals surface area contributed by atoms with Crippen molar-refractivity contribution >= 4 is 11.6 Å². The molecule has 112 valence electrons. The van der Waals surface area contributed by atoms with Crippen LogP contribution in [0.5, 0.6) is 5.75 Å². The first kappa shape index (κ1) is 14.3. The van der Waals surface area contributed by atoms with Crippen LogP contribution in [0.1, 0.15) is 18.4 Å². The van der Waals surface area contributed by atoms with Gasteiger partial charge in [-0.25, -0.2) is 13.8 Å². The average molecular weight is 315 g/mol. The van der Waals surface area contributed by atoms with E-state index in [2.05, 4.69) is 10.3 Å². The summed E-state index contributed by atoms with van der Waals surface area (Å²) in [6.07, 6.45) is 3.04. The number of halogens is 3. The molecule has 2 atom stereocenters. The van der Waals surface area contributed by atoms with Gasteiger partial charge in [0, 0.05) is 17.5 Å². The van der Waals surface area contributed by atoms with Gasteiger partial charge >= 0.3 is 0 Å². The molecule has 7 heteroatoms. The first-order chi connectivity index (χ1) is 10.1. The fourth-order valence-electron chi connectivity index (χ4n) is 2.43. The lowest BCUT2D eigenvalue weighted by Crippen LogP contribution is -2.22. The Morgan fingerprint density at radius 2 is 2.14 bits per heavy atom. The molecule has 0 saturated carbocycles. The maximum atomic E-state index is 13.9. The van der Waals surface area contributed by atoms with Crippen molar-refractivity contribution in [3.8, 4) is 5.75 Å². The Morgan fingerprint density at radius 1 is 1.38 bits per heavy atom. The van der Waals surface area contributed by atoms with Crippen LogP contribution in [0.2, 0.25) is 5.02 Å². The van der Waals surface area contributed by atoms with Gasteiger partial charge in [0.05, 0.1) is 6.20 Å². The summed E-state index contributed by atoms with van der Waals surface area (Å²) in [5.41, 5.74) is 0. The summed E-state index contributed by atoms with van der Waals surface area (Å²) in [5, 5.41) is 3.16. The summed E-state index contributed by atoms with van der Waals surface area (Å²) in [6, 6.07) is 2.03. The first-order valence-electron chi connectivity index (χ1n) is 6.56. The largest absolute Gasteiger partial charge is 0.474 e. The molecule has 1 aliphatic heterocycles. The van der Waals surface area contributed by atoms with Gasteiger partial charge in [-0.2, -0.15) is 0 Å².